The van der Waals surface area contributed by atoms with Gasteiger partial charge in [0.05, 0.1) is 15.4 Å². The topological polar surface area (TPSA) is 113 Å². The van der Waals surface area contributed by atoms with Crippen LogP contribution in [0.25, 0.3) is 0 Å². The fraction of sp³-hybridized carbons (Fsp3) is 0.435. The molecule has 0 atom stereocenters. The van der Waals surface area contributed by atoms with E-state index >= 15 is 0 Å². The Balaban J connectivity index is 1.62. The summed E-state index contributed by atoms with van der Waals surface area (Å²) in [6.45, 7) is 1.41. The molecule has 1 N–H and O–H groups in total. The van der Waals surface area contributed by atoms with Crippen molar-refractivity contribution in [2.24, 2.45) is 0 Å². The molecule has 35 heavy (non-hydrogen) atoms. The standard InChI is InChI=1S/C23H31N3O6S3/c1-25(2)35(30,31)19-9-7-18(8-10-19)32-16-13-24-34(28,29)20-11-12-22(33-3)21(17-20)23(27)26-14-5-4-6-15-26/h7-12,17,24H,4-6,13-16H2,1-3H3. The van der Waals surface area contributed by atoms with Crippen LogP contribution in [0.15, 0.2) is 57.2 Å². The van der Waals surface area contributed by atoms with Crippen LogP contribution in [0, 0.1) is 0 Å². The lowest BCUT2D eigenvalue weighted by Gasteiger charge is -2.27. The van der Waals surface area contributed by atoms with E-state index in [4.69, 9.17) is 4.74 Å². The van der Waals surface area contributed by atoms with E-state index in [0.717, 1.165) is 28.5 Å². The number of carbonyl (C=O) groups is 1. The van der Waals surface area contributed by atoms with Crippen LogP contribution in [0.1, 0.15) is 29.6 Å². The molecular weight excluding hydrogens is 510 g/mol. The molecule has 0 spiro atoms. The lowest BCUT2D eigenvalue weighted by molar-refractivity contribution is 0.0720. The van der Waals surface area contributed by atoms with Gasteiger partial charge in [-0.1, -0.05) is 0 Å². The van der Waals surface area contributed by atoms with Gasteiger partial charge in [0.15, 0.2) is 0 Å². The molecule has 1 heterocycles. The highest BCUT2D eigenvalue weighted by Crippen LogP contribution is 2.26. The van der Waals surface area contributed by atoms with E-state index in [1.54, 1.807) is 11.0 Å². The monoisotopic (exact) mass is 541 g/mol. The number of carbonyl (C=O) groups excluding carboxylic acids is 1. The number of hydrogen-bond acceptors (Lipinski definition) is 7. The summed E-state index contributed by atoms with van der Waals surface area (Å²) in [5.74, 6) is 0.273. The number of piperidine rings is 1. The number of amides is 1. The first-order valence-corrected chi connectivity index (χ1v) is 15.3. The summed E-state index contributed by atoms with van der Waals surface area (Å²) in [5, 5.41) is 0. The fourth-order valence-corrected chi connectivity index (χ4v) is 6.15. The molecule has 0 unspecified atom stereocenters. The van der Waals surface area contributed by atoms with Crippen molar-refractivity contribution in [1.29, 1.82) is 0 Å². The summed E-state index contributed by atoms with van der Waals surface area (Å²) in [6, 6.07) is 10.5. The van der Waals surface area contributed by atoms with Crippen molar-refractivity contribution < 1.29 is 26.4 Å². The highest BCUT2D eigenvalue weighted by molar-refractivity contribution is 7.98. The molecule has 1 aliphatic heterocycles. The Morgan fingerprint density at radius 1 is 1.00 bits per heavy atom. The molecule has 9 nitrogen and oxygen atoms in total. The normalized spacial score (nSPS) is 14.8. The van der Waals surface area contributed by atoms with Gasteiger partial charge in [0.2, 0.25) is 20.0 Å². The first kappa shape index (κ1) is 27.5. The molecule has 2 aromatic carbocycles. The number of sulfonamides is 2. The molecule has 0 aromatic heterocycles. The van der Waals surface area contributed by atoms with Crippen LogP contribution in [0.5, 0.6) is 5.75 Å². The largest absolute Gasteiger partial charge is 0.492 e. The molecule has 0 aliphatic carbocycles. The predicted molar refractivity (Wildman–Crippen MR) is 136 cm³/mol. The van der Waals surface area contributed by atoms with Crippen LogP contribution in [-0.4, -0.2) is 78.5 Å². The van der Waals surface area contributed by atoms with Crippen molar-refractivity contribution >= 4 is 37.7 Å². The zero-order valence-corrected chi connectivity index (χ0v) is 22.5. The van der Waals surface area contributed by atoms with E-state index in [1.807, 2.05) is 6.26 Å². The van der Waals surface area contributed by atoms with Crippen LogP contribution in [0.3, 0.4) is 0 Å². The van der Waals surface area contributed by atoms with E-state index in [1.165, 1.54) is 62.3 Å². The Morgan fingerprint density at radius 3 is 2.23 bits per heavy atom. The number of ether oxygens (including phenoxy) is 1. The summed E-state index contributed by atoms with van der Waals surface area (Å²) in [7, 11) is -4.49. The third kappa shape index (κ3) is 6.76. The van der Waals surface area contributed by atoms with E-state index < -0.39 is 20.0 Å². The molecule has 3 rings (SSSR count). The van der Waals surface area contributed by atoms with Crippen molar-refractivity contribution in [3.63, 3.8) is 0 Å². The van der Waals surface area contributed by atoms with Crippen molar-refractivity contribution in [1.82, 2.24) is 13.9 Å². The maximum absolute atomic E-state index is 13.0. The number of likely N-dealkylation sites (tertiary alicyclic amines) is 1. The Bertz CT molecular complexity index is 1240. The van der Waals surface area contributed by atoms with Gasteiger partial charge in [-0.15, -0.1) is 11.8 Å². The minimum Gasteiger partial charge on any atom is -0.492 e. The Morgan fingerprint density at radius 2 is 1.63 bits per heavy atom. The number of hydrogen-bond donors (Lipinski definition) is 1. The zero-order chi connectivity index (χ0) is 25.6. The number of benzene rings is 2. The van der Waals surface area contributed by atoms with Crippen LogP contribution in [0.4, 0.5) is 0 Å². The Kier molecular flexibility index (Phi) is 9.22. The number of nitrogens with one attached hydrogen (secondary N) is 1. The number of nitrogens with zero attached hydrogens (tertiary/aromatic N) is 2. The van der Waals surface area contributed by atoms with E-state index in [0.29, 0.717) is 24.4 Å². The van der Waals surface area contributed by atoms with Gasteiger partial charge < -0.3 is 9.64 Å². The first-order chi connectivity index (χ1) is 16.6. The lowest BCUT2D eigenvalue weighted by atomic mass is 10.1. The van der Waals surface area contributed by atoms with Gasteiger partial charge in [0, 0.05) is 38.6 Å². The lowest BCUT2D eigenvalue weighted by Crippen LogP contribution is -2.36. The average molecular weight is 542 g/mol. The Hall–Kier alpha value is -2.12. The maximum Gasteiger partial charge on any atom is 0.255 e. The quantitative estimate of drug-likeness (QED) is 0.363. The summed E-state index contributed by atoms with van der Waals surface area (Å²) in [5.41, 5.74) is 0.395. The molecule has 0 radical (unpaired) electrons. The second kappa shape index (κ2) is 11.7. The number of thioether (sulfide) groups is 1. The van der Waals surface area contributed by atoms with Gasteiger partial charge in [0.1, 0.15) is 12.4 Å². The van der Waals surface area contributed by atoms with Crippen LogP contribution < -0.4 is 9.46 Å². The minimum atomic E-state index is -3.86. The van der Waals surface area contributed by atoms with Crippen molar-refractivity contribution in [3.8, 4) is 5.75 Å². The molecule has 0 saturated carbocycles. The first-order valence-electron chi connectivity index (χ1n) is 11.2. The van der Waals surface area contributed by atoms with E-state index in [2.05, 4.69) is 4.72 Å². The van der Waals surface area contributed by atoms with Gasteiger partial charge in [-0.2, -0.15) is 0 Å². The highest BCUT2D eigenvalue weighted by Gasteiger charge is 2.24. The molecular formula is C23H31N3O6S3. The molecule has 1 fully saturated rings. The summed E-state index contributed by atoms with van der Waals surface area (Å²) in [6.07, 6.45) is 4.86. The van der Waals surface area contributed by atoms with Gasteiger partial charge in [0.25, 0.3) is 5.91 Å². The van der Waals surface area contributed by atoms with Crippen LogP contribution in [-0.2, 0) is 20.0 Å². The predicted octanol–water partition coefficient (Wildman–Crippen LogP) is 2.64. The average Bonchev–Trinajstić information content (AvgIpc) is 2.86. The van der Waals surface area contributed by atoms with Crippen molar-refractivity contribution in [2.45, 2.75) is 33.9 Å². The smallest absolute Gasteiger partial charge is 0.255 e. The maximum atomic E-state index is 13.0. The second-order valence-electron chi connectivity index (χ2n) is 8.22. The number of rotatable bonds is 10. The van der Waals surface area contributed by atoms with Gasteiger partial charge in [-0.3, -0.25) is 4.79 Å². The summed E-state index contributed by atoms with van der Waals surface area (Å²) >= 11 is 1.41. The molecule has 0 bridgehead atoms. The molecule has 192 valence electrons. The SMILES string of the molecule is CSc1ccc(S(=O)(=O)NCCOc2ccc(S(=O)(=O)N(C)C)cc2)cc1C(=O)N1CCCCC1. The van der Waals surface area contributed by atoms with Crippen LogP contribution in [0.2, 0.25) is 0 Å². The molecule has 1 amide bonds. The molecule has 1 aliphatic rings. The van der Waals surface area contributed by atoms with Crippen LogP contribution >= 0.6 is 11.8 Å². The molecule has 2 aromatic rings. The third-order valence-electron chi connectivity index (χ3n) is 5.62. The molecule has 1 saturated heterocycles. The fourth-order valence-electron chi connectivity index (χ4n) is 3.64. The summed E-state index contributed by atoms with van der Waals surface area (Å²) in [4.78, 5) is 15.7. The zero-order valence-electron chi connectivity index (χ0n) is 20.1. The minimum absolute atomic E-state index is 0.000233. The summed E-state index contributed by atoms with van der Waals surface area (Å²) < 4.78 is 59.1. The Labute approximate surface area is 211 Å². The molecule has 12 heteroatoms. The van der Waals surface area contributed by atoms with Gasteiger partial charge in [-0.25, -0.2) is 25.9 Å². The highest BCUT2D eigenvalue weighted by atomic mass is 32.2. The van der Waals surface area contributed by atoms with Crippen molar-refractivity contribution in [3.05, 3.63) is 48.0 Å². The van der Waals surface area contributed by atoms with Gasteiger partial charge >= 0.3 is 0 Å². The van der Waals surface area contributed by atoms with Gasteiger partial charge in [-0.05, 0) is 68.0 Å². The van der Waals surface area contributed by atoms with E-state index in [-0.39, 0.29) is 28.8 Å². The van der Waals surface area contributed by atoms with Crippen molar-refractivity contribution in [2.75, 3.05) is 46.6 Å². The second-order valence-corrected chi connectivity index (χ2v) is 13.0. The van der Waals surface area contributed by atoms with E-state index in [9.17, 15) is 21.6 Å². The third-order valence-corrected chi connectivity index (χ3v) is 9.70.